The summed E-state index contributed by atoms with van der Waals surface area (Å²) in [5.41, 5.74) is -0.241. The monoisotopic (exact) mass is 296 g/mol. The highest BCUT2D eigenvalue weighted by Gasteiger charge is 2.41. The number of amides is 2. The number of rotatable bonds is 6. The Bertz CT molecular complexity index is 378. The third kappa shape index (κ3) is 3.96. The van der Waals surface area contributed by atoms with Gasteiger partial charge in [0.25, 0.3) is 0 Å². The first kappa shape index (κ1) is 16.3. The lowest BCUT2D eigenvalue weighted by atomic mass is 9.81. The lowest BCUT2D eigenvalue weighted by Gasteiger charge is -2.34. The molecule has 2 aliphatic rings. The second-order valence-corrected chi connectivity index (χ2v) is 6.42. The lowest BCUT2D eigenvalue weighted by Crippen LogP contribution is -2.52. The summed E-state index contributed by atoms with van der Waals surface area (Å²) in [6.07, 6.45) is 6.30. The second-order valence-electron chi connectivity index (χ2n) is 6.42. The number of likely N-dealkylation sites (N-methyl/N-ethyl adjacent to an activating group) is 1. The molecule has 2 rings (SSSR count). The fraction of sp³-hybridized carbons (Fsp3) is 0.875. The molecule has 0 aromatic heterocycles. The van der Waals surface area contributed by atoms with Gasteiger partial charge in [0.1, 0.15) is 0 Å². The van der Waals surface area contributed by atoms with Crippen LogP contribution in [0.15, 0.2) is 0 Å². The van der Waals surface area contributed by atoms with Crippen LogP contribution >= 0.6 is 0 Å². The molecule has 21 heavy (non-hydrogen) atoms. The number of hydrogen-bond acceptors (Lipinski definition) is 3. The van der Waals surface area contributed by atoms with Crippen molar-refractivity contribution in [3.05, 3.63) is 0 Å². The van der Waals surface area contributed by atoms with Crippen LogP contribution < -0.4 is 5.32 Å². The maximum atomic E-state index is 12.7. The number of hydrogen-bond donors (Lipinski definition) is 1. The van der Waals surface area contributed by atoms with E-state index in [2.05, 4.69) is 5.32 Å². The van der Waals surface area contributed by atoms with Gasteiger partial charge in [-0.3, -0.25) is 9.59 Å². The van der Waals surface area contributed by atoms with Gasteiger partial charge in [-0.1, -0.05) is 12.8 Å². The highest BCUT2D eigenvalue weighted by atomic mass is 16.5. The standard InChI is InChI=1S/C16H28N2O3/c1-3-21-11-10-16(8-4-5-9-16)15(20)17-13-6-7-14(19)18(2)12-13/h13H,3-12H2,1-2H3,(H,17,20). The van der Waals surface area contributed by atoms with Gasteiger partial charge in [-0.05, 0) is 32.6 Å². The van der Waals surface area contributed by atoms with Crippen LogP contribution in [0.2, 0.25) is 0 Å². The Kier molecular flexibility index (Phi) is 5.62. The number of likely N-dealkylation sites (tertiary alicyclic amines) is 1. The Morgan fingerprint density at radius 1 is 1.43 bits per heavy atom. The van der Waals surface area contributed by atoms with Crippen molar-refractivity contribution in [2.45, 2.75) is 57.9 Å². The van der Waals surface area contributed by atoms with Gasteiger partial charge in [-0.2, -0.15) is 0 Å². The van der Waals surface area contributed by atoms with E-state index in [0.717, 1.165) is 38.5 Å². The van der Waals surface area contributed by atoms with Gasteiger partial charge in [0.2, 0.25) is 11.8 Å². The largest absolute Gasteiger partial charge is 0.382 e. The van der Waals surface area contributed by atoms with Crippen LogP contribution in [0, 0.1) is 5.41 Å². The molecule has 1 aliphatic carbocycles. The molecule has 1 saturated heterocycles. The van der Waals surface area contributed by atoms with Crippen LogP contribution in [0.1, 0.15) is 51.9 Å². The molecule has 1 saturated carbocycles. The number of carbonyl (C=O) groups is 2. The summed E-state index contributed by atoms with van der Waals surface area (Å²) >= 11 is 0. The van der Waals surface area contributed by atoms with Crippen molar-refractivity contribution in [2.24, 2.45) is 5.41 Å². The minimum absolute atomic E-state index is 0.102. The smallest absolute Gasteiger partial charge is 0.226 e. The van der Waals surface area contributed by atoms with Crippen molar-refractivity contribution < 1.29 is 14.3 Å². The molecule has 1 aliphatic heterocycles. The maximum Gasteiger partial charge on any atom is 0.226 e. The van der Waals surface area contributed by atoms with Gasteiger partial charge in [-0.25, -0.2) is 0 Å². The molecule has 0 aromatic rings. The Balaban J connectivity index is 1.91. The molecule has 0 bridgehead atoms. The Morgan fingerprint density at radius 3 is 2.76 bits per heavy atom. The maximum absolute atomic E-state index is 12.7. The van der Waals surface area contributed by atoms with Crippen LogP contribution in [-0.2, 0) is 14.3 Å². The summed E-state index contributed by atoms with van der Waals surface area (Å²) in [6, 6.07) is 0.102. The predicted molar refractivity (Wildman–Crippen MR) is 80.8 cm³/mol. The van der Waals surface area contributed by atoms with Gasteiger partial charge in [0.15, 0.2) is 0 Å². The van der Waals surface area contributed by atoms with E-state index in [4.69, 9.17) is 4.74 Å². The summed E-state index contributed by atoms with van der Waals surface area (Å²) in [7, 11) is 1.81. The average Bonchev–Trinajstić information content (AvgIpc) is 2.93. The molecule has 1 N–H and O–H groups in total. The summed E-state index contributed by atoms with van der Waals surface area (Å²) in [4.78, 5) is 26.0. The molecule has 2 amide bonds. The zero-order valence-corrected chi connectivity index (χ0v) is 13.3. The van der Waals surface area contributed by atoms with Crippen molar-refractivity contribution in [3.8, 4) is 0 Å². The fourth-order valence-electron chi connectivity index (χ4n) is 3.52. The van der Waals surface area contributed by atoms with Crippen LogP contribution in [0.5, 0.6) is 0 Å². The third-order valence-electron chi connectivity index (χ3n) is 4.93. The van der Waals surface area contributed by atoms with E-state index < -0.39 is 0 Å². The average molecular weight is 296 g/mol. The van der Waals surface area contributed by atoms with Crippen molar-refractivity contribution in [1.82, 2.24) is 10.2 Å². The van der Waals surface area contributed by atoms with Crippen molar-refractivity contribution >= 4 is 11.8 Å². The van der Waals surface area contributed by atoms with Crippen LogP contribution in [0.3, 0.4) is 0 Å². The van der Waals surface area contributed by atoms with Crippen molar-refractivity contribution in [2.75, 3.05) is 26.8 Å². The van der Waals surface area contributed by atoms with Crippen molar-refractivity contribution in [3.63, 3.8) is 0 Å². The molecule has 0 spiro atoms. The molecule has 1 unspecified atom stereocenters. The fourth-order valence-corrected chi connectivity index (χ4v) is 3.52. The molecular weight excluding hydrogens is 268 g/mol. The van der Waals surface area contributed by atoms with E-state index in [1.54, 1.807) is 11.9 Å². The molecule has 120 valence electrons. The molecule has 0 aromatic carbocycles. The summed E-state index contributed by atoms with van der Waals surface area (Å²) < 4.78 is 5.46. The highest BCUT2D eigenvalue weighted by molar-refractivity contribution is 5.84. The second kappa shape index (κ2) is 7.25. The molecular formula is C16H28N2O3. The Hall–Kier alpha value is -1.10. The zero-order valence-electron chi connectivity index (χ0n) is 13.3. The van der Waals surface area contributed by atoms with E-state index in [-0.39, 0.29) is 23.3 Å². The van der Waals surface area contributed by atoms with Crippen LogP contribution in [-0.4, -0.2) is 49.6 Å². The summed E-state index contributed by atoms with van der Waals surface area (Å²) in [5.74, 6) is 0.347. The SMILES string of the molecule is CCOCCC1(C(=O)NC2CCC(=O)N(C)C2)CCCC1. The minimum Gasteiger partial charge on any atom is -0.382 e. The van der Waals surface area contributed by atoms with E-state index in [1.807, 2.05) is 6.92 Å². The van der Waals surface area contributed by atoms with Crippen molar-refractivity contribution in [1.29, 1.82) is 0 Å². The lowest BCUT2D eigenvalue weighted by molar-refractivity contribution is -0.137. The van der Waals surface area contributed by atoms with Crippen LogP contribution in [0.25, 0.3) is 0 Å². The van der Waals surface area contributed by atoms with Gasteiger partial charge in [0.05, 0.1) is 5.41 Å². The predicted octanol–water partition coefficient (Wildman–Crippen LogP) is 1.71. The van der Waals surface area contributed by atoms with E-state index in [1.165, 1.54) is 0 Å². The molecule has 0 radical (unpaired) electrons. The van der Waals surface area contributed by atoms with Gasteiger partial charge in [0, 0.05) is 39.3 Å². The van der Waals surface area contributed by atoms with Gasteiger partial charge >= 0.3 is 0 Å². The molecule has 2 fully saturated rings. The quantitative estimate of drug-likeness (QED) is 0.759. The zero-order chi connectivity index (χ0) is 15.3. The Morgan fingerprint density at radius 2 is 2.14 bits per heavy atom. The van der Waals surface area contributed by atoms with Gasteiger partial charge < -0.3 is 15.0 Å². The van der Waals surface area contributed by atoms with Crippen LogP contribution in [0.4, 0.5) is 0 Å². The topological polar surface area (TPSA) is 58.6 Å². The minimum atomic E-state index is -0.241. The third-order valence-corrected chi connectivity index (χ3v) is 4.93. The molecule has 5 heteroatoms. The number of piperidine rings is 1. The van der Waals surface area contributed by atoms with E-state index in [0.29, 0.717) is 26.2 Å². The molecule has 1 heterocycles. The summed E-state index contributed by atoms with van der Waals surface area (Å²) in [6.45, 7) is 3.97. The number of nitrogens with one attached hydrogen (secondary N) is 1. The number of nitrogens with zero attached hydrogens (tertiary/aromatic N) is 1. The molecule has 1 atom stereocenters. The number of ether oxygens (including phenoxy) is 1. The first-order valence-corrected chi connectivity index (χ1v) is 8.20. The first-order valence-electron chi connectivity index (χ1n) is 8.20. The number of carbonyl (C=O) groups excluding carboxylic acids is 2. The highest BCUT2D eigenvalue weighted by Crippen LogP contribution is 2.41. The summed E-state index contributed by atoms with van der Waals surface area (Å²) in [5, 5.41) is 3.19. The van der Waals surface area contributed by atoms with E-state index in [9.17, 15) is 9.59 Å². The molecule has 5 nitrogen and oxygen atoms in total. The first-order chi connectivity index (χ1) is 10.1. The Labute approximate surface area is 127 Å². The normalized spacial score (nSPS) is 25.1. The van der Waals surface area contributed by atoms with Gasteiger partial charge in [-0.15, -0.1) is 0 Å². The van der Waals surface area contributed by atoms with E-state index >= 15 is 0 Å².